The van der Waals surface area contributed by atoms with Gasteiger partial charge < -0.3 is 29.1 Å². The molecule has 1 N–H and O–H groups in total. The van der Waals surface area contributed by atoms with Crippen LogP contribution < -0.4 is 9.47 Å². The number of rotatable bonds is 4. The molecule has 0 spiro atoms. The van der Waals surface area contributed by atoms with Crippen molar-refractivity contribution in [1.29, 1.82) is 0 Å². The van der Waals surface area contributed by atoms with Crippen LogP contribution in [0.1, 0.15) is 18.9 Å². The van der Waals surface area contributed by atoms with Gasteiger partial charge in [0.05, 0.1) is 18.6 Å². The molecule has 0 bridgehead atoms. The van der Waals surface area contributed by atoms with E-state index in [2.05, 4.69) is 16.7 Å². The molecule has 2 saturated heterocycles. The minimum atomic E-state index is -5.08. The third-order valence-electron chi connectivity index (χ3n) is 6.05. The molecule has 3 aliphatic rings. The number of carbonyl (C=O) groups is 2. The van der Waals surface area contributed by atoms with Crippen LogP contribution in [-0.2, 0) is 20.7 Å². The van der Waals surface area contributed by atoms with Gasteiger partial charge in [-0.2, -0.15) is 13.2 Å². The van der Waals surface area contributed by atoms with Crippen LogP contribution in [0.4, 0.5) is 13.2 Å². The molecular formula is C21H27F3N2O6. The fourth-order valence-electron chi connectivity index (χ4n) is 4.42. The van der Waals surface area contributed by atoms with E-state index in [-0.39, 0.29) is 24.8 Å². The van der Waals surface area contributed by atoms with Gasteiger partial charge in [0.1, 0.15) is 0 Å². The van der Waals surface area contributed by atoms with Gasteiger partial charge in [-0.1, -0.05) is 13.0 Å². The molecule has 32 heavy (non-hydrogen) atoms. The Morgan fingerprint density at radius 3 is 2.53 bits per heavy atom. The zero-order valence-corrected chi connectivity index (χ0v) is 17.9. The average Bonchev–Trinajstić information content (AvgIpc) is 3.39. The molecule has 8 nitrogen and oxygen atoms in total. The van der Waals surface area contributed by atoms with E-state index in [0.717, 1.165) is 49.7 Å². The summed E-state index contributed by atoms with van der Waals surface area (Å²) in [6.45, 7) is 6.21. The van der Waals surface area contributed by atoms with E-state index >= 15 is 0 Å². The van der Waals surface area contributed by atoms with Gasteiger partial charge in [-0.15, -0.1) is 0 Å². The van der Waals surface area contributed by atoms with Crippen molar-refractivity contribution in [2.24, 2.45) is 5.92 Å². The standard InChI is InChI=1S/C19H26N2O4.C2HF3O2/c1-3-20-10-14-15(11-20)21(7-6-16(14)23-2)19(22)9-13-4-5-17-18(8-13)25-12-24-17;3-2(4,5)1(6)7/h4-5,8,14-16H,3,6-7,9-12H2,1-2H3;(H,6,7)/t14-,15+,16+;/m0./s1. The number of aliphatic carboxylic acids is 1. The SMILES string of the molecule is CCN1C[C@H]2[C@@H](C1)N(C(=O)Cc1ccc3c(c1)OCO3)CC[C@H]2OC.O=C(O)C(F)(F)F. The van der Waals surface area contributed by atoms with Gasteiger partial charge in [0.25, 0.3) is 0 Å². The van der Waals surface area contributed by atoms with Crippen molar-refractivity contribution in [2.75, 3.05) is 40.1 Å². The number of piperidine rings is 1. The lowest BCUT2D eigenvalue weighted by Gasteiger charge is -2.41. The predicted molar refractivity (Wildman–Crippen MR) is 106 cm³/mol. The van der Waals surface area contributed by atoms with Gasteiger partial charge in [0, 0.05) is 32.7 Å². The lowest BCUT2D eigenvalue weighted by molar-refractivity contribution is -0.192. The van der Waals surface area contributed by atoms with Crippen LogP contribution in [0.2, 0.25) is 0 Å². The molecule has 0 radical (unpaired) electrons. The number of hydrogen-bond acceptors (Lipinski definition) is 6. The third kappa shape index (κ3) is 5.44. The van der Waals surface area contributed by atoms with Crippen molar-refractivity contribution in [3.63, 3.8) is 0 Å². The molecule has 11 heteroatoms. The van der Waals surface area contributed by atoms with Crippen molar-refractivity contribution < 1.29 is 42.1 Å². The Labute approximate surface area is 183 Å². The fourth-order valence-corrected chi connectivity index (χ4v) is 4.42. The number of nitrogens with zero attached hydrogens (tertiary/aromatic N) is 2. The van der Waals surface area contributed by atoms with Crippen molar-refractivity contribution in [3.8, 4) is 11.5 Å². The Morgan fingerprint density at radius 2 is 1.91 bits per heavy atom. The summed E-state index contributed by atoms with van der Waals surface area (Å²) in [5.74, 6) is -0.654. The number of carboxylic acid groups (broad SMARTS) is 1. The number of carboxylic acids is 1. The number of ether oxygens (including phenoxy) is 3. The maximum absolute atomic E-state index is 13.0. The molecule has 3 atom stereocenters. The zero-order chi connectivity index (χ0) is 23.5. The molecule has 1 aromatic carbocycles. The van der Waals surface area contributed by atoms with E-state index in [4.69, 9.17) is 24.1 Å². The first-order valence-electron chi connectivity index (χ1n) is 10.4. The van der Waals surface area contributed by atoms with Crippen LogP contribution in [0.3, 0.4) is 0 Å². The summed E-state index contributed by atoms with van der Waals surface area (Å²) < 4.78 is 48.2. The topological polar surface area (TPSA) is 88.5 Å². The fraction of sp³-hybridized carbons (Fsp3) is 0.619. The summed E-state index contributed by atoms with van der Waals surface area (Å²) in [5, 5.41) is 7.12. The number of alkyl halides is 3. The van der Waals surface area contributed by atoms with Crippen LogP contribution in [0.15, 0.2) is 18.2 Å². The highest BCUT2D eigenvalue weighted by atomic mass is 19.4. The number of fused-ring (bicyclic) bond motifs is 2. The van der Waals surface area contributed by atoms with Crippen molar-refractivity contribution in [1.82, 2.24) is 9.80 Å². The Bertz CT molecular complexity index is 834. The number of likely N-dealkylation sites (N-methyl/N-ethyl adjacent to an activating group) is 1. The molecule has 0 unspecified atom stereocenters. The molecule has 2 fully saturated rings. The normalized spacial score (nSPS) is 24.5. The van der Waals surface area contributed by atoms with Crippen LogP contribution in [0.25, 0.3) is 0 Å². The van der Waals surface area contributed by atoms with E-state index in [1.165, 1.54) is 0 Å². The molecule has 178 valence electrons. The predicted octanol–water partition coefficient (Wildman–Crippen LogP) is 2.16. The minimum Gasteiger partial charge on any atom is -0.475 e. The van der Waals surface area contributed by atoms with Crippen LogP contribution in [-0.4, -0.2) is 85.2 Å². The summed E-state index contributed by atoms with van der Waals surface area (Å²) in [6, 6.07) is 6.03. The molecule has 4 rings (SSSR count). The number of amides is 1. The molecule has 3 aliphatic heterocycles. The number of hydrogen-bond donors (Lipinski definition) is 1. The third-order valence-corrected chi connectivity index (χ3v) is 6.05. The van der Waals surface area contributed by atoms with Gasteiger partial charge in [0.2, 0.25) is 12.7 Å². The first-order valence-corrected chi connectivity index (χ1v) is 10.4. The molecule has 0 saturated carbocycles. The highest BCUT2D eigenvalue weighted by Crippen LogP contribution is 2.35. The highest BCUT2D eigenvalue weighted by Gasteiger charge is 2.45. The maximum Gasteiger partial charge on any atom is 0.490 e. The summed E-state index contributed by atoms with van der Waals surface area (Å²) in [5.41, 5.74) is 0.977. The Kier molecular flexibility index (Phi) is 7.50. The largest absolute Gasteiger partial charge is 0.490 e. The highest BCUT2D eigenvalue weighted by molar-refractivity contribution is 5.79. The Balaban J connectivity index is 0.000000360. The summed E-state index contributed by atoms with van der Waals surface area (Å²) >= 11 is 0. The van der Waals surface area contributed by atoms with E-state index in [1.807, 2.05) is 18.2 Å². The minimum absolute atomic E-state index is 0.196. The van der Waals surface area contributed by atoms with Crippen molar-refractivity contribution in [2.45, 2.75) is 38.1 Å². The number of benzene rings is 1. The average molecular weight is 460 g/mol. The number of likely N-dealkylation sites (tertiary alicyclic amines) is 2. The first-order chi connectivity index (χ1) is 15.1. The maximum atomic E-state index is 13.0. The molecule has 1 aromatic rings. The van der Waals surface area contributed by atoms with Gasteiger partial charge in [-0.3, -0.25) is 4.79 Å². The Morgan fingerprint density at radius 1 is 1.22 bits per heavy atom. The molecule has 3 heterocycles. The van der Waals surface area contributed by atoms with E-state index in [1.54, 1.807) is 7.11 Å². The van der Waals surface area contributed by atoms with E-state index in [9.17, 15) is 18.0 Å². The van der Waals surface area contributed by atoms with Crippen LogP contribution >= 0.6 is 0 Å². The zero-order valence-electron chi connectivity index (χ0n) is 17.9. The monoisotopic (exact) mass is 460 g/mol. The number of halogens is 3. The number of methoxy groups -OCH3 is 1. The molecule has 1 amide bonds. The van der Waals surface area contributed by atoms with Crippen molar-refractivity contribution in [3.05, 3.63) is 23.8 Å². The smallest absolute Gasteiger partial charge is 0.475 e. The van der Waals surface area contributed by atoms with Gasteiger partial charge in [-0.05, 0) is 30.7 Å². The Hall–Kier alpha value is -2.53. The van der Waals surface area contributed by atoms with Crippen LogP contribution in [0, 0.1) is 5.92 Å². The van der Waals surface area contributed by atoms with E-state index < -0.39 is 12.1 Å². The van der Waals surface area contributed by atoms with E-state index in [0.29, 0.717) is 12.3 Å². The summed E-state index contributed by atoms with van der Waals surface area (Å²) in [6.07, 6.45) is -3.50. The summed E-state index contributed by atoms with van der Waals surface area (Å²) in [4.78, 5) is 26.4. The van der Waals surface area contributed by atoms with Crippen molar-refractivity contribution >= 4 is 11.9 Å². The lowest BCUT2D eigenvalue weighted by Crippen LogP contribution is -2.54. The second-order valence-corrected chi connectivity index (χ2v) is 7.90. The van der Waals surface area contributed by atoms with Gasteiger partial charge in [-0.25, -0.2) is 4.79 Å². The quantitative estimate of drug-likeness (QED) is 0.737. The number of carbonyl (C=O) groups excluding carboxylic acids is 1. The van der Waals surface area contributed by atoms with Crippen LogP contribution in [0.5, 0.6) is 11.5 Å². The van der Waals surface area contributed by atoms with Gasteiger partial charge >= 0.3 is 12.1 Å². The lowest BCUT2D eigenvalue weighted by atomic mass is 9.88. The summed E-state index contributed by atoms with van der Waals surface area (Å²) in [7, 11) is 1.79. The molecule has 0 aromatic heterocycles. The molecule has 0 aliphatic carbocycles. The first kappa shape index (κ1) is 24.1. The molecular weight excluding hydrogens is 433 g/mol. The van der Waals surface area contributed by atoms with Gasteiger partial charge in [0.15, 0.2) is 11.5 Å². The second kappa shape index (κ2) is 9.95. The second-order valence-electron chi connectivity index (χ2n) is 7.90.